The van der Waals surface area contributed by atoms with E-state index in [1.807, 2.05) is 0 Å². The molecule has 17 heavy (non-hydrogen) atoms. The Labute approximate surface area is 112 Å². The molecule has 0 radical (unpaired) electrons. The summed E-state index contributed by atoms with van der Waals surface area (Å²) in [5.41, 5.74) is 0.878. The molecule has 2 atom stereocenters. The fraction of sp³-hybridized carbons (Fsp3) is 0.636. The number of nitrogens with zero attached hydrogens (tertiary/aromatic N) is 4. The SMILES string of the molecule is CC1CN(c2cc(Cl)nnc2Cl)CC1N(C)C. The van der Waals surface area contributed by atoms with Gasteiger partial charge in [0.05, 0.1) is 5.69 Å². The van der Waals surface area contributed by atoms with Crippen LogP contribution >= 0.6 is 23.2 Å². The minimum atomic E-state index is 0.380. The van der Waals surface area contributed by atoms with E-state index in [2.05, 4.69) is 41.0 Å². The molecule has 2 unspecified atom stereocenters. The molecule has 1 aromatic heterocycles. The number of aromatic nitrogens is 2. The summed E-state index contributed by atoms with van der Waals surface area (Å²) in [5, 5.41) is 8.37. The predicted molar refractivity (Wildman–Crippen MR) is 70.9 cm³/mol. The number of hydrogen-bond acceptors (Lipinski definition) is 4. The molecule has 1 aliphatic rings. The number of rotatable bonds is 2. The summed E-state index contributed by atoms with van der Waals surface area (Å²) >= 11 is 11.9. The van der Waals surface area contributed by atoms with E-state index in [4.69, 9.17) is 23.2 Å². The van der Waals surface area contributed by atoms with Gasteiger partial charge in [-0.15, -0.1) is 10.2 Å². The Morgan fingerprint density at radius 2 is 2.00 bits per heavy atom. The van der Waals surface area contributed by atoms with Gasteiger partial charge in [-0.1, -0.05) is 30.1 Å². The Bertz CT molecular complexity index is 410. The zero-order valence-corrected chi connectivity index (χ0v) is 11.7. The largest absolute Gasteiger partial charge is 0.367 e. The summed E-state index contributed by atoms with van der Waals surface area (Å²) in [6, 6.07) is 2.31. The molecule has 0 aromatic carbocycles. The zero-order chi connectivity index (χ0) is 12.6. The maximum atomic E-state index is 6.06. The fourth-order valence-corrected chi connectivity index (χ4v) is 2.74. The van der Waals surface area contributed by atoms with Crippen LogP contribution in [-0.4, -0.2) is 48.3 Å². The van der Waals surface area contributed by atoms with Crippen molar-refractivity contribution in [3.05, 3.63) is 16.4 Å². The van der Waals surface area contributed by atoms with Crippen molar-refractivity contribution < 1.29 is 0 Å². The molecule has 0 bridgehead atoms. The molecule has 0 aliphatic carbocycles. The molecule has 94 valence electrons. The van der Waals surface area contributed by atoms with Crippen LogP contribution in [0.2, 0.25) is 10.3 Å². The third-order valence-electron chi connectivity index (χ3n) is 3.28. The summed E-state index contributed by atoms with van der Waals surface area (Å²) in [7, 11) is 4.20. The van der Waals surface area contributed by atoms with E-state index >= 15 is 0 Å². The van der Waals surface area contributed by atoms with Gasteiger partial charge < -0.3 is 9.80 Å². The van der Waals surface area contributed by atoms with Crippen LogP contribution in [0, 0.1) is 5.92 Å². The minimum absolute atomic E-state index is 0.380. The average Bonchev–Trinajstić information content (AvgIpc) is 2.64. The highest BCUT2D eigenvalue weighted by atomic mass is 35.5. The van der Waals surface area contributed by atoms with Crippen LogP contribution in [0.15, 0.2) is 6.07 Å². The Hall–Kier alpha value is -0.580. The Kier molecular flexibility index (Phi) is 3.76. The van der Waals surface area contributed by atoms with E-state index in [-0.39, 0.29) is 0 Å². The first-order valence-corrected chi connectivity index (χ1v) is 6.34. The standard InChI is InChI=1S/C11H16Cl2N4/c1-7-5-17(6-9(7)16(2)3)8-4-10(12)14-15-11(8)13/h4,7,9H,5-6H2,1-3H3. The van der Waals surface area contributed by atoms with Gasteiger partial charge in [-0.05, 0) is 20.0 Å². The van der Waals surface area contributed by atoms with E-state index in [0.717, 1.165) is 18.8 Å². The summed E-state index contributed by atoms with van der Waals surface area (Å²) in [6.07, 6.45) is 0. The molecular formula is C11H16Cl2N4. The van der Waals surface area contributed by atoms with Gasteiger partial charge in [0.1, 0.15) is 0 Å². The molecule has 1 aliphatic heterocycles. The van der Waals surface area contributed by atoms with Crippen LogP contribution in [0.25, 0.3) is 0 Å². The normalized spacial score (nSPS) is 24.7. The third kappa shape index (κ3) is 2.64. The van der Waals surface area contributed by atoms with E-state index in [0.29, 0.717) is 22.3 Å². The number of halogens is 2. The molecule has 0 N–H and O–H groups in total. The molecule has 0 amide bonds. The first kappa shape index (κ1) is 12.9. The van der Waals surface area contributed by atoms with Crippen molar-refractivity contribution in [1.82, 2.24) is 15.1 Å². The van der Waals surface area contributed by atoms with Crippen LogP contribution in [0.4, 0.5) is 5.69 Å². The average molecular weight is 275 g/mol. The second kappa shape index (κ2) is 4.96. The van der Waals surface area contributed by atoms with Crippen molar-refractivity contribution in [3.8, 4) is 0 Å². The van der Waals surface area contributed by atoms with Crippen molar-refractivity contribution >= 4 is 28.9 Å². The maximum Gasteiger partial charge on any atom is 0.175 e. The lowest BCUT2D eigenvalue weighted by Crippen LogP contribution is -2.34. The van der Waals surface area contributed by atoms with Crippen molar-refractivity contribution in [3.63, 3.8) is 0 Å². The van der Waals surface area contributed by atoms with Crippen LogP contribution in [-0.2, 0) is 0 Å². The van der Waals surface area contributed by atoms with Gasteiger partial charge >= 0.3 is 0 Å². The van der Waals surface area contributed by atoms with E-state index < -0.39 is 0 Å². The Morgan fingerprint density at radius 3 is 2.59 bits per heavy atom. The van der Waals surface area contributed by atoms with Crippen LogP contribution in [0.5, 0.6) is 0 Å². The van der Waals surface area contributed by atoms with Crippen molar-refractivity contribution in [2.24, 2.45) is 5.92 Å². The molecule has 2 heterocycles. The topological polar surface area (TPSA) is 32.3 Å². The number of hydrogen-bond donors (Lipinski definition) is 0. The lowest BCUT2D eigenvalue weighted by atomic mass is 10.1. The fourth-order valence-electron chi connectivity index (χ4n) is 2.38. The Balaban J connectivity index is 2.22. The number of likely N-dealkylation sites (N-methyl/N-ethyl adjacent to an activating group) is 1. The number of anilines is 1. The minimum Gasteiger partial charge on any atom is -0.367 e. The van der Waals surface area contributed by atoms with Crippen LogP contribution < -0.4 is 4.90 Å². The molecule has 6 heteroatoms. The Morgan fingerprint density at radius 1 is 1.29 bits per heavy atom. The second-order valence-electron chi connectivity index (χ2n) is 4.76. The molecule has 1 aromatic rings. The molecule has 0 saturated carbocycles. The van der Waals surface area contributed by atoms with Crippen LogP contribution in [0.3, 0.4) is 0 Å². The zero-order valence-electron chi connectivity index (χ0n) is 10.2. The molecule has 2 rings (SSSR count). The quantitative estimate of drug-likeness (QED) is 0.828. The second-order valence-corrected chi connectivity index (χ2v) is 5.50. The van der Waals surface area contributed by atoms with Crippen molar-refractivity contribution in [2.75, 3.05) is 32.1 Å². The maximum absolute atomic E-state index is 6.06. The monoisotopic (exact) mass is 274 g/mol. The van der Waals surface area contributed by atoms with Crippen LogP contribution in [0.1, 0.15) is 6.92 Å². The van der Waals surface area contributed by atoms with Crippen molar-refractivity contribution in [1.29, 1.82) is 0 Å². The van der Waals surface area contributed by atoms with Gasteiger partial charge in [0.25, 0.3) is 0 Å². The van der Waals surface area contributed by atoms with Gasteiger partial charge in [-0.2, -0.15) is 0 Å². The van der Waals surface area contributed by atoms with Gasteiger partial charge in [0.15, 0.2) is 10.3 Å². The molecule has 0 spiro atoms. The van der Waals surface area contributed by atoms with E-state index in [1.54, 1.807) is 6.07 Å². The summed E-state index contributed by atoms with van der Waals surface area (Å²) < 4.78 is 0. The van der Waals surface area contributed by atoms with E-state index in [9.17, 15) is 0 Å². The molecule has 1 fully saturated rings. The van der Waals surface area contributed by atoms with Gasteiger partial charge in [-0.3, -0.25) is 0 Å². The smallest absolute Gasteiger partial charge is 0.175 e. The summed E-state index contributed by atoms with van der Waals surface area (Å²) in [6.45, 7) is 4.15. The van der Waals surface area contributed by atoms with Gasteiger partial charge in [-0.25, -0.2) is 0 Å². The highest BCUT2D eigenvalue weighted by Gasteiger charge is 2.32. The lowest BCUT2D eigenvalue weighted by molar-refractivity contribution is 0.266. The third-order valence-corrected chi connectivity index (χ3v) is 3.73. The highest BCUT2D eigenvalue weighted by Crippen LogP contribution is 2.31. The van der Waals surface area contributed by atoms with Crippen molar-refractivity contribution in [2.45, 2.75) is 13.0 Å². The molecular weight excluding hydrogens is 259 g/mol. The van der Waals surface area contributed by atoms with E-state index in [1.165, 1.54) is 0 Å². The summed E-state index contributed by atoms with van der Waals surface area (Å²) in [4.78, 5) is 4.47. The first-order chi connectivity index (χ1) is 7.99. The summed E-state index contributed by atoms with van der Waals surface area (Å²) in [5.74, 6) is 0.591. The van der Waals surface area contributed by atoms with Gasteiger partial charge in [0, 0.05) is 25.2 Å². The first-order valence-electron chi connectivity index (χ1n) is 5.59. The molecule has 1 saturated heterocycles. The molecule has 4 nitrogen and oxygen atoms in total. The predicted octanol–water partition coefficient (Wildman–Crippen LogP) is 2.17. The lowest BCUT2D eigenvalue weighted by Gasteiger charge is -2.23. The van der Waals surface area contributed by atoms with Gasteiger partial charge in [0.2, 0.25) is 0 Å². The highest BCUT2D eigenvalue weighted by molar-refractivity contribution is 6.33.